The Morgan fingerprint density at radius 1 is 1.19 bits per heavy atom. The van der Waals surface area contributed by atoms with Crippen LogP contribution in [-0.2, 0) is 15.6 Å². The van der Waals surface area contributed by atoms with Gasteiger partial charge in [-0.25, -0.2) is 4.79 Å². The summed E-state index contributed by atoms with van der Waals surface area (Å²) >= 11 is 0. The lowest BCUT2D eigenvalue weighted by Gasteiger charge is -2.45. The maximum absolute atomic E-state index is 12.1. The lowest BCUT2D eigenvalue weighted by atomic mass is 9.72. The molecule has 0 saturated heterocycles. The zero-order valence-electron chi connectivity index (χ0n) is 24.8. The van der Waals surface area contributed by atoms with Gasteiger partial charge in [0.1, 0.15) is 6.10 Å². The molecule has 1 N–H and O–H groups in total. The predicted octanol–water partition coefficient (Wildman–Crippen LogP) is 7.81. The number of hydrogen-bond donors (Lipinski definition) is 1. The van der Waals surface area contributed by atoms with E-state index in [9.17, 15) is 9.90 Å². The monoisotopic (exact) mass is 525 g/mol. The number of aliphatic hydroxyl groups is 1. The number of hydrogen-bond acceptors (Lipinski definition) is 5. The van der Waals surface area contributed by atoms with E-state index in [1.165, 1.54) is 0 Å². The summed E-state index contributed by atoms with van der Waals surface area (Å²) in [5.41, 5.74) is 6.43. The summed E-state index contributed by atoms with van der Waals surface area (Å²) in [5.74, 6) is -0.205. The quantitative estimate of drug-likeness (QED) is 0.295. The molecule has 1 aliphatic rings. The fourth-order valence-corrected chi connectivity index (χ4v) is 6.38. The molecular formula is C31H47NO4Si. The molecule has 2 atom stereocenters. The second-order valence-corrected chi connectivity index (χ2v) is 18.0. The van der Waals surface area contributed by atoms with Crippen LogP contribution in [0.4, 0.5) is 0 Å². The highest BCUT2D eigenvalue weighted by Crippen LogP contribution is 2.49. The highest BCUT2D eigenvalue weighted by atomic mass is 28.4. The van der Waals surface area contributed by atoms with Gasteiger partial charge in [0.2, 0.25) is 0 Å². The summed E-state index contributed by atoms with van der Waals surface area (Å²) in [4.78, 5) is 17.4. The first-order valence-electron chi connectivity index (χ1n) is 13.6. The summed E-state index contributed by atoms with van der Waals surface area (Å²) in [7, 11) is -2.05. The van der Waals surface area contributed by atoms with E-state index in [4.69, 9.17) is 14.1 Å². The molecule has 0 fully saturated rings. The number of fused-ring (bicyclic) bond motifs is 1. The molecule has 37 heavy (non-hydrogen) atoms. The van der Waals surface area contributed by atoms with Gasteiger partial charge in [-0.1, -0.05) is 60.6 Å². The van der Waals surface area contributed by atoms with Crippen molar-refractivity contribution >= 4 is 14.3 Å². The molecular weight excluding hydrogens is 478 g/mol. The third kappa shape index (κ3) is 6.18. The molecule has 1 aliphatic carbocycles. The molecule has 0 aliphatic heterocycles. The number of carbonyl (C=O) groups excluding carboxylic acids is 1. The van der Waals surface area contributed by atoms with E-state index < -0.39 is 14.4 Å². The third-order valence-electron chi connectivity index (χ3n) is 8.16. The van der Waals surface area contributed by atoms with Crippen molar-refractivity contribution < 1.29 is 19.1 Å². The van der Waals surface area contributed by atoms with Crippen molar-refractivity contribution in [2.24, 2.45) is 5.41 Å². The summed E-state index contributed by atoms with van der Waals surface area (Å²) in [6.07, 6.45) is 0.922. The molecule has 0 spiro atoms. The SMILES string of the molecule is CCOC(=O)c1ccc([C@H](O)c2c(C(C)C)nc3c(c2C)[C@@H](O[Si](C)(C)C(C)(C)C)CC(C)(C)C3)cc1. The third-order valence-corrected chi connectivity index (χ3v) is 12.6. The van der Waals surface area contributed by atoms with E-state index in [2.05, 4.69) is 68.5 Å². The molecule has 1 aromatic heterocycles. The number of rotatable bonds is 7. The highest BCUT2D eigenvalue weighted by molar-refractivity contribution is 6.74. The minimum atomic E-state index is -2.05. The lowest BCUT2D eigenvalue weighted by Crippen LogP contribution is -2.44. The van der Waals surface area contributed by atoms with Crippen LogP contribution in [0.1, 0.15) is 124 Å². The maximum Gasteiger partial charge on any atom is 0.338 e. The molecule has 6 heteroatoms. The molecule has 0 bridgehead atoms. The second-order valence-electron chi connectivity index (χ2n) is 13.2. The van der Waals surface area contributed by atoms with E-state index in [0.717, 1.165) is 46.5 Å². The number of aromatic nitrogens is 1. The number of benzene rings is 1. The average molecular weight is 526 g/mol. The topological polar surface area (TPSA) is 68.7 Å². The molecule has 1 aromatic carbocycles. The van der Waals surface area contributed by atoms with Crippen LogP contribution in [0.25, 0.3) is 0 Å². The van der Waals surface area contributed by atoms with Crippen LogP contribution in [0.15, 0.2) is 24.3 Å². The van der Waals surface area contributed by atoms with Crippen molar-refractivity contribution in [1.82, 2.24) is 4.98 Å². The Morgan fingerprint density at radius 3 is 2.30 bits per heavy atom. The van der Waals surface area contributed by atoms with Crippen LogP contribution < -0.4 is 0 Å². The average Bonchev–Trinajstić information content (AvgIpc) is 2.76. The Kier molecular flexibility index (Phi) is 8.48. The van der Waals surface area contributed by atoms with Crippen molar-refractivity contribution in [2.45, 2.75) is 111 Å². The second kappa shape index (κ2) is 10.6. The number of ether oxygens (including phenoxy) is 1. The maximum atomic E-state index is 12.1. The van der Waals surface area contributed by atoms with Crippen molar-refractivity contribution in [1.29, 1.82) is 0 Å². The zero-order valence-corrected chi connectivity index (χ0v) is 25.8. The fourth-order valence-electron chi connectivity index (χ4n) is 5.11. The van der Waals surface area contributed by atoms with E-state index in [1.807, 2.05) is 12.1 Å². The molecule has 204 valence electrons. The Hall–Kier alpha value is -2.02. The minimum Gasteiger partial charge on any atom is -0.462 e. The van der Waals surface area contributed by atoms with Gasteiger partial charge in [0, 0.05) is 22.5 Å². The molecule has 2 aromatic rings. The van der Waals surface area contributed by atoms with Gasteiger partial charge in [-0.3, -0.25) is 4.98 Å². The van der Waals surface area contributed by atoms with E-state index in [-0.39, 0.29) is 28.4 Å². The van der Waals surface area contributed by atoms with Gasteiger partial charge in [0.25, 0.3) is 0 Å². The summed E-state index contributed by atoms with van der Waals surface area (Å²) in [5, 5.41) is 11.8. The van der Waals surface area contributed by atoms with Gasteiger partial charge in [-0.05, 0) is 79.4 Å². The van der Waals surface area contributed by atoms with Crippen molar-refractivity contribution in [3.63, 3.8) is 0 Å². The standard InChI is InChI=1S/C31H47NO4Si/c1-12-35-29(34)22-15-13-21(14-16-22)28(33)26-20(4)25-23(32-27(26)19(2)3)17-31(8,9)18-24(25)36-37(10,11)30(5,6)7/h13-16,19,24,28,33H,12,17-18H2,1-11H3/t24-,28-/m0/s1. The first-order chi connectivity index (χ1) is 17.0. The first-order valence-corrected chi connectivity index (χ1v) is 16.6. The van der Waals surface area contributed by atoms with Crippen LogP contribution in [0, 0.1) is 12.3 Å². The van der Waals surface area contributed by atoms with Crippen LogP contribution in [-0.4, -0.2) is 31.0 Å². The van der Waals surface area contributed by atoms with Crippen LogP contribution in [0.5, 0.6) is 0 Å². The van der Waals surface area contributed by atoms with Gasteiger partial charge >= 0.3 is 5.97 Å². The molecule has 1 heterocycles. The zero-order chi connectivity index (χ0) is 27.9. The fraction of sp³-hybridized carbons (Fsp3) is 0.613. The van der Waals surface area contributed by atoms with Gasteiger partial charge in [0.05, 0.1) is 18.3 Å². The Labute approximate surface area is 225 Å². The van der Waals surface area contributed by atoms with Crippen LogP contribution in [0.3, 0.4) is 0 Å². The number of esters is 1. The van der Waals surface area contributed by atoms with E-state index in [1.54, 1.807) is 19.1 Å². The summed E-state index contributed by atoms with van der Waals surface area (Å²) in [6, 6.07) is 7.07. The van der Waals surface area contributed by atoms with Crippen molar-refractivity contribution in [3.8, 4) is 0 Å². The smallest absolute Gasteiger partial charge is 0.338 e. The predicted molar refractivity (Wildman–Crippen MR) is 153 cm³/mol. The lowest BCUT2D eigenvalue weighted by molar-refractivity contribution is 0.0526. The number of nitrogens with zero attached hydrogens (tertiary/aromatic N) is 1. The largest absolute Gasteiger partial charge is 0.462 e. The van der Waals surface area contributed by atoms with Crippen LogP contribution in [0.2, 0.25) is 18.1 Å². The molecule has 0 unspecified atom stereocenters. The Balaban J connectivity index is 2.14. The van der Waals surface area contributed by atoms with Crippen molar-refractivity contribution in [3.05, 3.63) is 63.5 Å². The van der Waals surface area contributed by atoms with Gasteiger partial charge in [-0.2, -0.15) is 0 Å². The first kappa shape index (κ1) is 29.5. The Bertz CT molecular complexity index is 1130. The van der Waals surface area contributed by atoms with Crippen molar-refractivity contribution in [2.75, 3.05) is 6.61 Å². The summed E-state index contributed by atoms with van der Waals surface area (Å²) < 4.78 is 12.2. The number of aliphatic hydroxyl groups excluding tert-OH is 1. The van der Waals surface area contributed by atoms with Gasteiger partial charge < -0.3 is 14.3 Å². The molecule has 5 nitrogen and oxygen atoms in total. The van der Waals surface area contributed by atoms with Gasteiger partial charge in [-0.15, -0.1) is 0 Å². The minimum absolute atomic E-state index is 0.0505. The van der Waals surface area contributed by atoms with E-state index in [0.29, 0.717) is 12.2 Å². The Morgan fingerprint density at radius 2 is 1.78 bits per heavy atom. The molecule has 0 saturated carbocycles. The molecule has 0 radical (unpaired) electrons. The number of pyridine rings is 1. The molecule has 0 amide bonds. The van der Waals surface area contributed by atoms with E-state index >= 15 is 0 Å². The normalized spacial score (nSPS) is 18.5. The van der Waals surface area contributed by atoms with Crippen LogP contribution >= 0.6 is 0 Å². The highest BCUT2D eigenvalue weighted by Gasteiger charge is 2.44. The molecule has 3 rings (SSSR count). The van der Waals surface area contributed by atoms with Gasteiger partial charge in [0.15, 0.2) is 8.32 Å². The number of carbonyl (C=O) groups is 1. The summed E-state index contributed by atoms with van der Waals surface area (Å²) in [6.45, 7) is 24.5.